The molecule has 1 saturated carbocycles. The number of nitrogens with one attached hydrogen (secondary N) is 1. The summed E-state index contributed by atoms with van der Waals surface area (Å²) in [5, 5.41) is 12.3. The number of aliphatic hydroxyl groups is 1. The summed E-state index contributed by atoms with van der Waals surface area (Å²) in [4.78, 5) is 0. The highest BCUT2D eigenvalue weighted by molar-refractivity contribution is 4.84. The Hall–Kier alpha value is -0.0800. The number of aliphatic hydroxyl groups excluding tert-OH is 1. The second-order valence-electron chi connectivity index (χ2n) is 3.11. The van der Waals surface area contributed by atoms with Crippen LogP contribution in [0.25, 0.3) is 0 Å². The van der Waals surface area contributed by atoms with Gasteiger partial charge < -0.3 is 10.4 Å². The third-order valence-corrected chi connectivity index (χ3v) is 1.91. The summed E-state index contributed by atoms with van der Waals surface area (Å²) in [5.74, 6) is 0. The van der Waals surface area contributed by atoms with E-state index >= 15 is 0 Å². The third kappa shape index (κ3) is 2.67. The number of rotatable bonds is 5. The lowest BCUT2D eigenvalue weighted by Gasteiger charge is -2.13. The van der Waals surface area contributed by atoms with Gasteiger partial charge in [0, 0.05) is 12.1 Å². The highest BCUT2D eigenvalue weighted by Crippen LogP contribution is 2.19. The molecule has 0 saturated heterocycles. The largest absolute Gasteiger partial charge is 0.395 e. The molecule has 1 unspecified atom stereocenters. The van der Waals surface area contributed by atoms with Crippen molar-refractivity contribution in [2.75, 3.05) is 6.61 Å². The van der Waals surface area contributed by atoms with Crippen molar-refractivity contribution in [3.8, 4) is 0 Å². The van der Waals surface area contributed by atoms with E-state index in [1.54, 1.807) is 0 Å². The van der Waals surface area contributed by atoms with E-state index in [0.29, 0.717) is 12.6 Å². The van der Waals surface area contributed by atoms with Gasteiger partial charge in [-0.1, -0.05) is 13.3 Å². The van der Waals surface area contributed by atoms with Crippen molar-refractivity contribution in [1.82, 2.24) is 5.32 Å². The minimum Gasteiger partial charge on any atom is -0.395 e. The van der Waals surface area contributed by atoms with Crippen molar-refractivity contribution in [3.63, 3.8) is 0 Å². The molecule has 2 heteroatoms. The number of hydrogen-bond acceptors (Lipinski definition) is 2. The first-order valence-electron chi connectivity index (χ1n) is 4.23. The lowest BCUT2D eigenvalue weighted by atomic mass is 10.2. The van der Waals surface area contributed by atoms with Gasteiger partial charge in [0.15, 0.2) is 0 Å². The van der Waals surface area contributed by atoms with Crippen LogP contribution in [0.3, 0.4) is 0 Å². The van der Waals surface area contributed by atoms with E-state index in [9.17, 15) is 0 Å². The van der Waals surface area contributed by atoms with Gasteiger partial charge in [0.05, 0.1) is 6.61 Å². The molecule has 0 aromatic carbocycles. The van der Waals surface area contributed by atoms with Gasteiger partial charge >= 0.3 is 0 Å². The topological polar surface area (TPSA) is 32.3 Å². The van der Waals surface area contributed by atoms with Crippen LogP contribution in [0.15, 0.2) is 0 Å². The molecule has 0 radical (unpaired) electrons. The molecule has 2 nitrogen and oxygen atoms in total. The summed E-state index contributed by atoms with van der Waals surface area (Å²) < 4.78 is 0. The van der Waals surface area contributed by atoms with E-state index in [1.807, 2.05) is 0 Å². The van der Waals surface area contributed by atoms with E-state index in [4.69, 9.17) is 5.11 Å². The summed E-state index contributed by atoms with van der Waals surface area (Å²) >= 11 is 0. The van der Waals surface area contributed by atoms with Crippen LogP contribution in [-0.4, -0.2) is 23.8 Å². The second kappa shape index (κ2) is 3.94. The number of hydrogen-bond donors (Lipinski definition) is 2. The van der Waals surface area contributed by atoms with Crippen LogP contribution in [0, 0.1) is 0 Å². The van der Waals surface area contributed by atoms with Gasteiger partial charge in [0.1, 0.15) is 0 Å². The first kappa shape index (κ1) is 8.02. The highest BCUT2D eigenvalue weighted by Gasteiger charge is 2.23. The molecule has 1 aliphatic rings. The van der Waals surface area contributed by atoms with Crippen LogP contribution >= 0.6 is 0 Å². The minimum absolute atomic E-state index is 0.296. The van der Waals surface area contributed by atoms with Crippen LogP contribution < -0.4 is 5.32 Å². The van der Waals surface area contributed by atoms with Crippen molar-refractivity contribution in [1.29, 1.82) is 0 Å². The Morgan fingerprint density at radius 2 is 2.30 bits per heavy atom. The molecule has 0 heterocycles. The molecule has 0 aromatic rings. The predicted octanol–water partition coefficient (Wildman–Crippen LogP) is 0.899. The van der Waals surface area contributed by atoms with Crippen LogP contribution in [0.1, 0.15) is 32.6 Å². The van der Waals surface area contributed by atoms with Crippen LogP contribution in [0.5, 0.6) is 0 Å². The Kier molecular flexibility index (Phi) is 3.16. The minimum atomic E-state index is 0.296. The quantitative estimate of drug-likeness (QED) is 0.599. The third-order valence-electron chi connectivity index (χ3n) is 1.91. The molecule has 60 valence electrons. The van der Waals surface area contributed by atoms with Gasteiger partial charge in [-0.25, -0.2) is 0 Å². The van der Waals surface area contributed by atoms with Crippen LogP contribution in [0.2, 0.25) is 0 Å². The first-order chi connectivity index (χ1) is 4.86. The first-order valence-corrected chi connectivity index (χ1v) is 4.23. The molecule has 0 aromatic heterocycles. The summed E-state index contributed by atoms with van der Waals surface area (Å²) in [5.41, 5.74) is 0. The molecule has 0 bridgehead atoms. The molecule has 10 heavy (non-hydrogen) atoms. The Labute approximate surface area is 62.6 Å². The molecule has 2 N–H and O–H groups in total. The Morgan fingerprint density at radius 3 is 2.70 bits per heavy atom. The van der Waals surface area contributed by atoms with Crippen molar-refractivity contribution < 1.29 is 5.11 Å². The van der Waals surface area contributed by atoms with E-state index < -0.39 is 0 Å². The smallest absolute Gasteiger partial charge is 0.0584 e. The molecule has 0 amide bonds. The molecule has 1 fully saturated rings. The van der Waals surface area contributed by atoms with Gasteiger partial charge in [-0.3, -0.25) is 0 Å². The second-order valence-corrected chi connectivity index (χ2v) is 3.11. The van der Waals surface area contributed by atoms with Crippen molar-refractivity contribution >= 4 is 0 Å². The van der Waals surface area contributed by atoms with Gasteiger partial charge in [-0.05, 0) is 19.3 Å². The van der Waals surface area contributed by atoms with Gasteiger partial charge in [0.2, 0.25) is 0 Å². The van der Waals surface area contributed by atoms with Crippen molar-refractivity contribution in [2.45, 2.75) is 44.7 Å². The van der Waals surface area contributed by atoms with E-state index in [1.165, 1.54) is 12.8 Å². The Bertz CT molecular complexity index is 91.3. The molecule has 1 rings (SSSR count). The monoisotopic (exact) mass is 143 g/mol. The SMILES string of the molecule is CCCC(CO)NC1CC1. The van der Waals surface area contributed by atoms with Gasteiger partial charge in [-0.2, -0.15) is 0 Å². The van der Waals surface area contributed by atoms with Crippen molar-refractivity contribution in [2.24, 2.45) is 0 Å². The average molecular weight is 143 g/mol. The average Bonchev–Trinajstić information content (AvgIpc) is 2.71. The molecule has 1 atom stereocenters. The summed E-state index contributed by atoms with van der Waals surface area (Å²) in [6.07, 6.45) is 4.87. The van der Waals surface area contributed by atoms with E-state index in [2.05, 4.69) is 12.2 Å². The lowest BCUT2D eigenvalue weighted by molar-refractivity contribution is 0.234. The molecule has 1 aliphatic carbocycles. The van der Waals surface area contributed by atoms with Gasteiger partial charge in [-0.15, -0.1) is 0 Å². The maximum absolute atomic E-state index is 8.87. The summed E-state index contributed by atoms with van der Waals surface area (Å²) in [6.45, 7) is 2.45. The van der Waals surface area contributed by atoms with Crippen LogP contribution in [-0.2, 0) is 0 Å². The highest BCUT2D eigenvalue weighted by atomic mass is 16.3. The summed E-state index contributed by atoms with van der Waals surface area (Å²) in [7, 11) is 0. The van der Waals surface area contributed by atoms with Crippen molar-refractivity contribution in [3.05, 3.63) is 0 Å². The Morgan fingerprint density at radius 1 is 1.60 bits per heavy atom. The normalized spacial score (nSPS) is 21.0. The standard InChI is InChI=1S/C8H17NO/c1-2-3-8(6-10)9-7-4-5-7/h7-10H,2-6H2,1H3. The molecular weight excluding hydrogens is 126 g/mol. The van der Waals surface area contributed by atoms with Gasteiger partial charge in [0.25, 0.3) is 0 Å². The van der Waals surface area contributed by atoms with E-state index in [0.717, 1.165) is 18.9 Å². The summed E-state index contributed by atoms with van der Waals surface area (Å²) in [6, 6.07) is 1.08. The zero-order valence-corrected chi connectivity index (χ0v) is 6.64. The Balaban J connectivity index is 2.05. The maximum Gasteiger partial charge on any atom is 0.0584 e. The molecule has 0 spiro atoms. The zero-order valence-electron chi connectivity index (χ0n) is 6.64. The zero-order chi connectivity index (χ0) is 7.40. The fourth-order valence-corrected chi connectivity index (χ4v) is 1.16. The fraction of sp³-hybridized carbons (Fsp3) is 1.00. The maximum atomic E-state index is 8.87. The van der Waals surface area contributed by atoms with E-state index in [-0.39, 0.29) is 0 Å². The fourth-order valence-electron chi connectivity index (χ4n) is 1.16. The molecule has 0 aliphatic heterocycles. The van der Waals surface area contributed by atoms with Crippen LogP contribution in [0.4, 0.5) is 0 Å². The predicted molar refractivity (Wildman–Crippen MR) is 41.9 cm³/mol. The lowest BCUT2D eigenvalue weighted by Crippen LogP contribution is -2.33. The molecular formula is C8H17NO.